The number of para-hydroxylation sites is 1. The van der Waals surface area contributed by atoms with Gasteiger partial charge in [0.2, 0.25) is 5.91 Å². The van der Waals surface area contributed by atoms with Gasteiger partial charge in [0.1, 0.15) is 0 Å². The van der Waals surface area contributed by atoms with E-state index >= 15 is 0 Å². The molecular formula is C20H22N2O4S. The van der Waals surface area contributed by atoms with Crippen LogP contribution in [0.2, 0.25) is 0 Å². The van der Waals surface area contributed by atoms with Gasteiger partial charge in [-0.2, -0.15) is 0 Å². The molecule has 0 bridgehead atoms. The first-order valence-corrected chi connectivity index (χ1v) is 9.72. The number of hydrogen-bond acceptors (Lipinski definition) is 6. The van der Waals surface area contributed by atoms with E-state index in [0.717, 1.165) is 22.8 Å². The Morgan fingerprint density at radius 1 is 1.15 bits per heavy atom. The van der Waals surface area contributed by atoms with E-state index in [4.69, 9.17) is 9.57 Å². The maximum Gasteiger partial charge on any atom is 0.333 e. The number of rotatable bonds is 6. The Bertz CT molecular complexity index is 785. The van der Waals surface area contributed by atoms with E-state index in [1.54, 1.807) is 41.1 Å². The Morgan fingerprint density at radius 2 is 1.89 bits per heavy atom. The molecule has 2 aromatic rings. The molecule has 2 aromatic carbocycles. The fourth-order valence-corrected chi connectivity index (χ4v) is 3.80. The number of fused-ring (bicyclic) bond motifs is 1. The predicted molar refractivity (Wildman–Crippen MR) is 104 cm³/mol. The summed E-state index contributed by atoms with van der Waals surface area (Å²) >= 11 is 1.78. The second kappa shape index (κ2) is 9.43. The Hall–Kier alpha value is -2.51. The average Bonchev–Trinajstić information content (AvgIpc) is 2.93. The molecule has 0 aromatic heterocycles. The van der Waals surface area contributed by atoms with Crippen molar-refractivity contribution < 1.29 is 19.2 Å². The van der Waals surface area contributed by atoms with Gasteiger partial charge in [0.25, 0.3) is 0 Å². The Morgan fingerprint density at radius 3 is 2.67 bits per heavy atom. The van der Waals surface area contributed by atoms with E-state index in [1.807, 2.05) is 30.3 Å². The minimum absolute atomic E-state index is 0.181. The largest absolute Gasteiger partial charge is 0.467 e. The van der Waals surface area contributed by atoms with E-state index in [2.05, 4.69) is 5.32 Å². The Kier molecular flexibility index (Phi) is 6.73. The van der Waals surface area contributed by atoms with Gasteiger partial charge < -0.3 is 10.1 Å². The fourth-order valence-electron chi connectivity index (χ4n) is 2.81. The van der Waals surface area contributed by atoms with Crippen molar-refractivity contribution in [2.24, 2.45) is 0 Å². The highest BCUT2D eigenvalue weighted by Gasteiger charge is 2.24. The van der Waals surface area contributed by atoms with Crippen LogP contribution < -0.4 is 10.4 Å². The molecule has 0 fully saturated rings. The standard InChI is InChI=1S/C20H22N2O4S/c1-25-20(24)19(15-8-3-2-4-9-15)21-18(23)14-26-22-12-7-13-27-17-11-6-5-10-16(17)22/h2-6,8-11,19H,7,12-14H2,1H3,(H,21,23)/t19-/m0/s1. The highest BCUT2D eigenvalue weighted by molar-refractivity contribution is 7.99. The molecule has 3 rings (SSSR count). The average molecular weight is 386 g/mol. The zero-order valence-corrected chi connectivity index (χ0v) is 15.9. The summed E-state index contributed by atoms with van der Waals surface area (Å²) in [5.74, 6) is 0.0938. The molecule has 1 atom stereocenters. The SMILES string of the molecule is COC(=O)[C@@H](NC(=O)CON1CCCSc2ccccc21)c1ccccc1. The normalized spacial score (nSPS) is 14.6. The van der Waals surface area contributed by atoms with Gasteiger partial charge in [-0.1, -0.05) is 42.5 Å². The first kappa shape index (κ1) is 19.3. The second-order valence-corrected chi connectivity index (χ2v) is 7.12. The first-order chi connectivity index (χ1) is 13.2. The smallest absolute Gasteiger partial charge is 0.333 e. The molecule has 0 spiro atoms. The number of anilines is 1. The number of nitrogens with zero attached hydrogens (tertiary/aromatic N) is 1. The first-order valence-electron chi connectivity index (χ1n) is 8.73. The molecule has 0 saturated heterocycles. The zero-order valence-electron chi connectivity index (χ0n) is 15.1. The lowest BCUT2D eigenvalue weighted by molar-refractivity contribution is -0.146. The van der Waals surface area contributed by atoms with Gasteiger partial charge in [0, 0.05) is 11.4 Å². The summed E-state index contributed by atoms with van der Waals surface area (Å²) in [4.78, 5) is 31.4. The zero-order chi connectivity index (χ0) is 19.1. The molecule has 0 unspecified atom stereocenters. The minimum Gasteiger partial charge on any atom is -0.467 e. The van der Waals surface area contributed by atoms with E-state index < -0.39 is 12.0 Å². The number of thioether (sulfide) groups is 1. The van der Waals surface area contributed by atoms with E-state index in [1.165, 1.54) is 7.11 Å². The summed E-state index contributed by atoms with van der Waals surface area (Å²) in [6.45, 7) is 0.524. The summed E-state index contributed by atoms with van der Waals surface area (Å²) in [7, 11) is 1.30. The van der Waals surface area contributed by atoms with Crippen LogP contribution in [0.4, 0.5) is 5.69 Å². The van der Waals surface area contributed by atoms with Crippen LogP contribution in [0, 0.1) is 0 Å². The number of carbonyl (C=O) groups is 2. The molecule has 1 aliphatic rings. The van der Waals surface area contributed by atoms with Crippen LogP contribution in [0.25, 0.3) is 0 Å². The van der Waals surface area contributed by atoms with Gasteiger partial charge >= 0.3 is 5.97 Å². The molecule has 142 valence electrons. The van der Waals surface area contributed by atoms with Crippen LogP contribution in [0.3, 0.4) is 0 Å². The van der Waals surface area contributed by atoms with Crippen LogP contribution >= 0.6 is 11.8 Å². The lowest BCUT2D eigenvalue weighted by Crippen LogP contribution is -2.38. The molecular weight excluding hydrogens is 364 g/mol. The lowest BCUT2D eigenvalue weighted by atomic mass is 10.1. The molecule has 0 aliphatic carbocycles. The van der Waals surface area contributed by atoms with Crippen molar-refractivity contribution in [1.29, 1.82) is 0 Å². The van der Waals surface area contributed by atoms with Crippen molar-refractivity contribution >= 4 is 29.3 Å². The van der Waals surface area contributed by atoms with Crippen LogP contribution in [0.15, 0.2) is 59.5 Å². The van der Waals surface area contributed by atoms with Crippen molar-refractivity contribution in [1.82, 2.24) is 5.32 Å². The number of hydrogen-bond donors (Lipinski definition) is 1. The maximum absolute atomic E-state index is 12.4. The van der Waals surface area contributed by atoms with Crippen molar-refractivity contribution in [3.05, 3.63) is 60.2 Å². The third kappa shape index (κ3) is 5.02. The molecule has 27 heavy (non-hydrogen) atoms. The second-order valence-electron chi connectivity index (χ2n) is 5.98. The fraction of sp³-hybridized carbons (Fsp3) is 0.300. The van der Waals surface area contributed by atoms with Gasteiger partial charge in [0.05, 0.1) is 12.8 Å². The van der Waals surface area contributed by atoms with Crippen molar-refractivity contribution in [2.45, 2.75) is 17.4 Å². The summed E-state index contributed by atoms with van der Waals surface area (Å²) in [6, 6.07) is 16.1. The number of nitrogens with one attached hydrogen (secondary N) is 1. The maximum atomic E-state index is 12.4. The van der Waals surface area contributed by atoms with Crippen LogP contribution in [0.1, 0.15) is 18.0 Å². The quantitative estimate of drug-likeness (QED) is 0.770. The van der Waals surface area contributed by atoms with E-state index in [-0.39, 0.29) is 12.5 Å². The highest BCUT2D eigenvalue weighted by Crippen LogP contribution is 2.33. The molecule has 6 nitrogen and oxygen atoms in total. The minimum atomic E-state index is -0.862. The van der Waals surface area contributed by atoms with Gasteiger partial charge in [-0.05, 0) is 29.9 Å². The van der Waals surface area contributed by atoms with Crippen LogP contribution in [-0.2, 0) is 19.2 Å². The van der Waals surface area contributed by atoms with Crippen molar-refractivity contribution in [3.63, 3.8) is 0 Å². The summed E-state index contributed by atoms with van der Waals surface area (Å²) in [5.41, 5.74) is 1.62. The van der Waals surface area contributed by atoms with Gasteiger partial charge in [-0.25, -0.2) is 4.79 Å². The van der Waals surface area contributed by atoms with Gasteiger partial charge in [0.15, 0.2) is 12.6 Å². The predicted octanol–water partition coefficient (Wildman–Crippen LogP) is 2.95. The molecule has 1 aliphatic heterocycles. The number of esters is 1. The molecule has 1 N–H and O–H groups in total. The molecule has 1 heterocycles. The van der Waals surface area contributed by atoms with E-state index in [9.17, 15) is 9.59 Å². The molecule has 1 amide bonds. The number of benzene rings is 2. The number of hydroxylamine groups is 1. The molecule has 0 radical (unpaired) electrons. The molecule has 0 saturated carbocycles. The third-order valence-corrected chi connectivity index (χ3v) is 5.27. The van der Waals surface area contributed by atoms with Crippen molar-refractivity contribution in [2.75, 3.05) is 31.1 Å². The van der Waals surface area contributed by atoms with Gasteiger partial charge in [-0.15, -0.1) is 11.8 Å². The third-order valence-electron chi connectivity index (χ3n) is 4.12. The van der Waals surface area contributed by atoms with Crippen molar-refractivity contribution in [3.8, 4) is 0 Å². The monoisotopic (exact) mass is 386 g/mol. The number of carbonyl (C=O) groups excluding carboxylic acids is 2. The van der Waals surface area contributed by atoms with Crippen LogP contribution in [-0.4, -0.2) is 37.9 Å². The Labute approximate surface area is 162 Å². The number of amides is 1. The Balaban J connectivity index is 1.64. The topological polar surface area (TPSA) is 67.9 Å². The number of ether oxygens (including phenoxy) is 1. The van der Waals surface area contributed by atoms with E-state index in [0.29, 0.717) is 12.1 Å². The summed E-state index contributed by atoms with van der Waals surface area (Å²) < 4.78 is 4.82. The van der Waals surface area contributed by atoms with Gasteiger partial charge in [-0.3, -0.25) is 14.7 Å². The summed E-state index contributed by atoms with van der Waals surface area (Å²) in [5, 5.41) is 4.45. The summed E-state index contributed by atoms with van der Waals surface area (Å²) in [6.07, 6.45) is 0.954. The highest BCUT2D eigenvalue weighted by atomic mass is 32.2. The number of methoxy groups -OCH3 is 1. The van der Waals surface area contributed by atoms with Crippen LogP contribution in [0.5, 0.6) is 0 Å². The lowest BCUT2D eigenvalue weighted by Gasteiger charge is -2.24. The molecule has 7 heteroatoms.